The van der Waals surface area contributed by atoms with E-state index in [-0.39, 0.29) is 0 Å². The third-order valence-corrected chi connectivity index (χ3v) is 3.48. The lowest BCUT2D eigenvalue weighted by Crippen LogP contribution is -2.35. The lowest BCUT2D eigenvalue weighted by molar-refractivity contribution is 0.276. The predicted molar refractivity (Wildman–Crippen MR) is 74.8 cm³/mol. The van der Waals surface area contributed by atoms with Gasteiger partial charge in [-0.3, -0.25) is 0 Å². The highest BCUT2D eigenvalue weighted by Crippen LogP contribution is 2.24. The lowest BCUT2D eigenvalue weighted by atomic mass is 10.0. The van der Waals surface area contributed by atoms with E-state index in [2.05, 4.69) is 42.4 Å². The summed E-state index contributed by atoms with van der Waals surface area (Å²) in [5, 5.41) is 0. The van der Waals surface area contributed by atoms with E-state index in [1.165, 1.54) is 5.56 Å². The van der Waals surface area contributed by atoms with Crippen molar-refractivity contribution in [3.8, 4) is 0 Å². The fourth-order valence-electron chi connectivity index (χ4n) is 2.24. The Labute approximate surface area is 109 Å². The molecule has 1 aliphatic rings. The Hall–Kier alpha value is -1.38. The van der Waals surface area contributed by atoms with Crippen LogP contribution in [0.2, 0.25) is 0 Å². The monoisotopic (exact) mass is 248 g/mol. The fourth-order valence-corrected chi connectivity index (χ4v) is 2.24. The Morgan fingerprint density at radius 1 is 1.39 bits per heavy atom. The van der Waals surface area contributed by atoms with E-state index in [9.17, 15) is 4.39 Å². The molecule has 0 aromatic carbocycles. The molecule has 18 heavy (non-hydrogen) atoms. The van der Waals surface area contributed by atoms with Crippen LogP contribution in [-0.4, -0.2) is 24.2 Å². The van der Waals surface area contributed by atoms with Crippen LogP contribution < -0.4 is 4.90 Å². The van der Waals surface area contributed by atoms with E-state index in [4.69, 9.17) is 0 Å². The molecule has 1 saturated heterocycles. The molecule has 0 atom stereocenters. The largest absolute Gasteiger partial charge is 0.356 e. The minimum Gasteiger partial charge on any atom is -0.356 e. The van der Waals surface area contributed by atoms with E-state index in [0.717, 1.165) is 24.6 Å². The highest BCUT2D eigenvalue weighted by atomic mass is 19.1. The van der Waals surface area contributed by atoms with Gasteiger partial charge in [-0.05, 0) is 42.5 Å². The third kappa shape index (κ3) is 2.89. The van der Waals surface area contributed by atoms with Crippen molar-refractivity contribution in [2.75, 3.05) is 18.0 Å². The molecular formula is C15H21FN2. The maximum Gasteiger partial charge on any atom is 0.129 e. The Morgan fingerprint density at radius 3 is 2.61 bits per heavy atom. The molecule has 0 aliphatic carbocycles. The zero-order chi connectivity index (χ0) is 13.1. The topological polar surface area (TPSA) is 16.1 Å². The summed E-state index contributed by atoms with van der Waals surface area (Å²) in [7, 11) is 0. The van der Waals surface area contributed by atoms with E-state index in [1.54, 1.807) is 6.08 Å². The first kappa shape index (κ1) is 13.1. The average Bonchev–Trinajstić information content (AvgIpc) is 2.39. The molecule has 2 rings (SSSR count). The van der Waals surface area contributed by atoms with Crippen molar-refractivity contribution in [2.24, 2.45) is 0 Å². The number of hydrogen-bond donors (Lipinski definition) is 0. The number of piperidine rings is 1. The molecule has 0 unspecified atom stereocenters. The van der Waals surface area contributed by atoms with Gasteiger partial charge in [0.25, 0.3) is 0 Å². The molecule has 1 aromatic rings. The highest BCUT2D eigenvalue weighted by molar-refractivity contribution is 5.51. The molecule has 0 saturated carbocycles. The average molecular weight is 248 g/mol. The van der Waals surface area contributed by atoms with Crippen molar-refractivity contribution in [2.45, 2.75) is 38.8 Å². The number of aromatic nitrogens is 1. The van der Waals surface area contributed by atoms with Gasteiger partial charge in [0, 0.05) is 13.1 Å². The second-order valence-electron chi connectivity index (χ2n) is 5.20. The van der Waals surface area contributed by atoms with Crippen molar-refractivity contribution in [1.29, 1.82) is 0 Å². The summed E-state index contributed by atoms with van der Waals surface area (Å²) in [6.45, 7) is 9.63. The summed E-state index contributed by atoms with van der Waals surface area (Å²) in [6, 6.07) is 4.19. The van der Waals surface area contributed by atoms with Gasteiger partial charge in [-0.1, -0.05) is 20.4 Å². The summed E-state index contributed by atoms with van der Waals surface area (Å²) in [5.74, 6) is 1.42. The number of anilines is 1. The molecular weight excluding hydrogens is 227 g/mol. The third-order valence-electron chi connectivity index (χ3n) is 3.48. The van der Waals surface area contributed by atoms with E-state index < -0.39 is 6.17 Å². The summed E-state index contributed by atoms with van der Waals surface area (Å²) in [6.07, 6.45) is 2.35. The Balaban J connectivity index is 2.26. The second kappa shape index (κ2) is 5.51. The molecule has 98 valence electrons. The molecule has 0 spiro atoms. The van der Waals surface area contributed by atoms with Crippen LogP contribution in [-0.2, 0) is 0 Å². The SMILES string of the molecule is C=Cc1cc(C(C)C)cc(N2CCC(F)CC2)n1. The van der Waals surface area contributed by atoms with Crippen molar-refractivity contribution in [3.63, 3.8) is 0 Å². The van der Waals surface area contributed by atoms with Gasteiger partial charge >= 0.3 is 0 Å². The standard InChI is InChI=1S/C15H21FN2/c1-4-14-9-12(11(2)3)10-15(17-14)18-7-5-13(16)6-8-18/h4,9-11,13H,1,5-8H2,2-3H3. The van der Waals surface area contributed by atoms with Crippen LogP contribution in [0.1, 0.15) is 43.9 Å². The number of hydrogen-bond acceptors (Lipinski definition) is 2. The molecule has 1 aliphatic heterocycles. The van der Waals surface area contributed by atoms with Crippen LogP contribution in [0.15, 0.2) is 18.7 Å². The van der Waals surface area contributed by atoms with E-state index >= 15 is 0 Å². The minimum absolute atomic E-state index is 0.462. The molecule has 2 heterocycles. The maximum absolute atomic E-state index is 13.2. The molecule has 0 bridgehead atoms. The van der Waals surface area contributed by atoms with Gasteiger partial charge in [0.2, 0.25) is 0 Å². The molecule has 0 N–H and O–H groups in total. The first-order chi connectivity index (χ1) is 8.60. The van der Waals surface area contributed by atoms with Crippen LogP contribution in [0.25, 0.3) is 6.08 Å². The maximum atomic E-state index is 13.2. The van der Waals surface area contributed by atoms with Gasteiger partial charge < -0.3 is 4.90 Å². The van der Waals surface area contributed by atoms with Gasteiger partial charge in [-0.2, -0.15) is 0 Å². The Kier molecular flexibility index (Phi) is 4.00. The Bertz CT molecular complexity index is 421. The molecule has 1 fully saturated rings. The van der Waals surface area contributed by atoms with Crippen LogP contribution in [0.4, 0.5) is 10.2 Å². The highest BCUT2D eigenvalue weighted by Gasteiger charge is 2.20. The molecule has 2 nitrogen and oxygen atoms in total. The molecule has 0 radical (unpaired) electrons. The predicted octanol–water partition coefficient (Wildman–Crippen LogP) is 3.79. The van der Waals surface area contributed by atoms with Gasteiger partial charge in [-0.15, -0.1) is 0 Å². The number of nitrogens with zero attached hydrogens (tertiary/aromatic N) is 2. The Morgan fingerprint density at radius 2 is 2.06 bits per heavy atom. The zero-order valence-corrected chi connectivity index (χ0v) is 11.2. The van der Waals surface area contributed by atoms with Crippen LogP contribution >= 0.6 is 0 Å². The lowest BCUT2D eigenvalue weighted by Gasteiger charge is -2.30. The molecule has 0 amide bonds. The molecule has 1 aromatic heterocycles. The molecule has 3 heteroatoms. The quantitative estimate of drug-likeness (QED) is 0.809. The van der Waals surface area contributed by atoms with Crippen molar-refractivity contribution < 1.29 is 4.39 Å². The van der Waals surface area contributed by atoms with Crippen molar-refractivity contribution in [3.05, 3.63) is 30.0 Å². The normalized spacial score (nSPS) is 17.2. The van der Waals surface area contributed by atoms with Gasteiger partial charge in [0.05, 0.1) is 5.69 Å². The summed E-state index contributed by atoms with van der Waals surface area (Å²) in [5.41, 5.74) is 2.16. The van der Waals surface area contributed by atoms with Crippen LogP contribution in [0.3, 0.4) is 0 Å². The smallest absolute Gasteiger partial charge is 0.129 e. The summed E-state index contributed by atoms with van der Waals surface area (Å²) in [4.78, 5) is 6.74. The van der Waals surface area contributed by atoms with E-state index in [1.807, 2.05) is 0 Å². The van der Waals surface area contributed by atoms with Gasteiger partial charge in [0.15, 0.2) is 0 Å². The van der Waals surface area contributed by atoms with Crippen molar-refractivity contribution >= 4 is 11.9 Å². The summed E-state index contributed by atoms with van der Waals surface area (Å²) < 4.78 is 13.2. The number of rotatable bonds is 3. The number of halogens is 1. The first-order valence-electron chi connectivity index (χ1n) is 6.63. The second-order valence-corrected chi connectivity index (χ2v) is 5.20. The fraction of sp³-hybridized carbons (Fsp3) is 0.533. The first-order valence-corrected chi connectivity index (χ1v) is 6.63. The van der Waals surface area contributed by atoms with Crippen molar-refractivity contribution in [1.82, 2.24) is 4.98 Å². The van der Waals surface area contributed by atoms with Crippen LogP contribution in [0.5, 0.6) is 0 Å². The van der Waals surface area contributed by atoms with Gasteiger partial charge in [-0.25, -0.2) is 9.37 Å². The van der Waals surface area contributed by atoms with Crippen LogP contribution in [0, 0.1) is 0 Å². The summed E-state index contributed by atoms with van der Waals surface area (Å²) >= 11 is 0. The van der Waals surface area contributed by atoms with Gasteiger partial charge in [0.1, 0.15) is 12.0 Å². The minimum atomic E-state index is -0.645. The zero-order valence-electron chi connectivity index (χ0n) is 11.2. The number of pyridine rings is 1. The van der Waals surface area contributed by atoms with E-state index in [0.29, 0.717) is 18.8 Å². The number of alkyl halides is 1.